The minimum Gasteiger partial charge on any atom is -0.508 e. The van der Waals surface area contributed by atoms with Crippen LogP contribution in [0.4, 0.5) is 0 Å². The Kier molecular flexibility index (Phi) is 3.79. The zero-order valence-electron chi connectivity index (χ0n) is 11.1. The van der Waals surface area contributed by atoms with Gasteiger partial charge in [0.25, 0.3) is 0 Å². The Morgan fingerprint density at radius 1 is 1.47 bits per heavy atom. The number of phenolic OH excluding ortho intramolecular Hbond substituents is 2. The Bertz CT molecular complexity index is 531. The summed E-state index contributed by atoms with van der Waals surface area (Å²) in [5.74, 6) is -0.716. The van der Waals surface area contributed by atoms with Gasteiger partial charge in [-0.05, 0) is 31.1 Å². The van der Waals surface area contributed by atoms with E-state index in [0.717, 1.165) is 12.8 Å². The molecule has 102 valence electrons. The van der Waals surface area contributed by atoms with E-state index in [2.05, 4.69) is 6.92 Å². The van der Waals surface area contributed by atoms with E-state index in [1.165, 1.54) is 6.07 Å². The molecule has 1 aliphatic heterocycles. The third-order valence-corrected chi connectivity index (χ3v) is 3.30. The molecule has 4 heteroatoms. The van der Waals surface area contributed by atoms with Gasteiger partial charge in [0.05, 0.1) is 0 Å². The van der Waals surface area contributed by atoms with Crippen LogP contribution < -0.4 is 0 Å². The maximum absolute atomic E-state index is 11.9. The third-order valence-electron chi connectivity index (χ3n) is 3.30. The average molecular weight is 262 g/mol. The Balaban J connectivity index is 2.32. The van der Waals surface area contributed by atoms with Crippen molar-refractivity contribution in [3.05, 3.63) is 34.9 Å². The largest absolute Gasteiger partial charge is 0.508 e. The second kappa shape index (κ2) is 5.34. The number of rotatable bonds is 3. The van der Waals surface area contributed by atoms with Gasteiger partial charge in [0.1, 0.15) is 23.2 Å². The van der Waals surface area contributed by atoms with Crippen LogP contribution in [0.1, 0.15) is 41.3 Å². The van der Waals surface area contributed by atoms with E-state index < -0.39 is 5.97 Å². The second-order valence-electron chi connectivity index (χ2n) is 4.77. The van der Waals surface area contributed by atoms with E-state index in [1.807, 2.05) is 12.2 Å². The van der Waals surface area contributed by atoms with Crippen molar-refractivity contribution >= 4 is 5.97 Å². The molecule has 0 saturated carbocycles. The molecule has 0 amide bonds. The summed E-state index contributed by atoms with van der Waals surface area (Å²) in [5.41, 5.74) is 1.11. The molecule has 0 radical (unpaired) electrons. The van der Waals surface area contributed by atoms with Crippen LogP contribution in [0.25, 0.3) is 0 Å². The van der Waals surface area contributed by atoms with Gasteiger partial charge in [0.15, 0.2) is 0 Å². The number of aromatic hydroxyl groups is 2. The number of hydrogen-bond acceptors (Lipinski definition) is 4. The van der Waals surface area contributed by atoms with Crippen molar-refractivity contribution in [2.45, 2.75) is 39.2 Å². The molecule has 1 atom stereocenters. The molecule has 1 aromatic rings. The summed E-state index contributed by atoms with van der Waals surface area (Å²) in [7, 11) is 0. The molecule has 4 nitrogen and oxygen atoms in total. The summed E-state index contributed by atoms with van der Waals surface area (Å²) in [6.45, 7) is 3.64. The topological polar surface area (TPSA) is 66.8 Å². The summed E-state index contributed by atoms with van der Waals surface area (Å²) in [6, 6.07) is 1.53. The number of hydrogen-bond donors (Lipinski definition) is 2. The average Bonchev–Trinajstić information content (AvgIpc) is 2.36. The van der Waals surface area contributed by atoms with Crippen LogP contribution in [-0.2, 0) is 11.2 Å². The smallest absolute Gasteiger partial charge is 0.342 e. The third kappa shape index (κ3) is 2.57. The number of benzene rings is 1. The fourth-order valence-electron chi connectivity index (χ4n) is 2.17. The highest BCUT2D eigenvalue weighted by molar-refractivity contribution is 5.96. The standard InChI is InChI=1S/C15H18O4/c1-3-4-5-6-11-7-10-8-12(16)9(2)14(17)13(10)15(18)19-11/h5-6,8,11,16-17H,3-4,7H2,1-2H3. The van der Waals surface area contributed by atoms with Gasteiger partial charge in [0, 0.05) is 12.0 Å². The molecule has 0 aromatic heterocycles. The van der Waals surface area contributed by atoms with Gasteiger partial charge in [-0.3, -0.25) is 0 Å². The van der Waals surface area contributed by atoms with E-state index in [1.54, 1.807) is 6.92 Å². The molecule has 0 bridgehead atoms. The molecule has 1 aliphatic rings. The van der Waals surface area contributed by atoms with Gasteiger partial charge in [-0.2, -0.15) is 0 Å². The van der Waals surface area contributed by atoms with Crippen LogP contribution >= 0.6 is 0 Å². The monoisotopic (exact) mass is 262 g/mol. The van der Waals surface area contributed by atoms with Crippen molar-refractivity contribution in [3.63, 3.8) is 0 Å². The van der Waals surface area contributed by atoms with Crippen molar-refractivity contribution < 1.29 is 19.7 Å². The SMILES string of the molecule is CCCC=CC1Cc2cc(O)c(C)c(O)c2C(=O)O1. The Morgan fingerprint density at radius 2 is 2.21 bits per heavy atom. The first kappa shape index (κ1) is 13.5. The lowest BCUT2D eigenvalue weighted by Gasteiger charge is -2.24. The van der Waals surface area contributed by atoms with Crippen LogP contribution in [0, 0.1) is 6.92 Å². The van der Waals surface area contributed by atoms with Gasteiger partial charge in [-0.1, -0.05) is 19.4 Å². The van der Waals surface area contributed by atoms with Crippen molar-refractivity contribution in [2.75, 3.05) is 0 Å². The van der Waals surface area contributed by atoms with Crippen molar-refractivity contribution in [3.8, 4) is 11.5 Å². The first-order valence-electron chi connectivity index (χ1n) is 6.46. The van der Waals surface area contributed by atoms with Crippen LogP contribution in [0.3, 0.4) is 0 Å². The van der Waals surface area contributed by atoms with E-state index in [-0.39, 0.29) is 23.2 Å². The highest BCUT2D eigenvalue weighted by Gasteiger charge is 2.29. The molecule has 0 fully saturated rings. The lowest BCUT2D eigenvalue weighted by molar-refractivity contribution is 0.0352. The van der Waals surface area contributed by atoms with Crippen molar-refractivity contribution in [1.29, 1.82) is 0 Å². The number of ether oxygens (including phenoxy) is 1. The fourth-order valence-corrected chi connectivity index (χ4v) is 2.17. The Morgan fingerprint density at radius 3 is 2.89 bits per heavy atom. The maximum atomic E-state index is 11.9. The summed E-state index contributed by atoms with van der Waals surface area (Å²) >= 11 is 0. The van der Waals surface area contributed by atoms with Crippen LogP contribution in [0.2, 0.25) is 0 Å². The predicted molar refractivity (Wildman–Crippen MR) is 71.5 cm³/mol. The Hall–Kier alpha value is -1.97. The number of unbranched alkanes of at least 4 members (excludes halogenated alkanes) is 1. The molecule has 0 saturated heterocycles. The first-order valence-corrected chi connectivity index (χ1v) is 6.46. The number of allylic oxidation sites excluding steroid dienone is 1. The minimum atomic E-state index is -0.534. The summed E-state index contributed by atoms with van der Waals surface area (Å²) in [4.78, 5) is 11.9. The molecule has 19 heavy (non-hydrogen) atoms. The van der Waals surface area contributed by atoms with Crippen molar-refractivity contribution in [1.82, 2.24) is 0 Å². The molecule has 2 rings (SSSR count). The molecule has 0 spiro atoms. The van der Waals surface area contributed by atoms with Crippen LogP contribution in [0.15, 0.2) is 18.2 Å². The fraction of sp³-hybridized carbons (Fsp3) is 0.400. The summed E-state index contributed by atoms with van der Waals surface area (Å²) in [5, 5.41) is 19.6. The van der Waals surface area contributed by atoms with Gasteiger partial charge in [-0.25, -0.2) is 4.79 Å². The summed E-state index contributed by atoms with van der Waals surface area (Å²) in [6.07, 6.45) is 5.96. The van der Waals surface area contributed by atoms with Gasteiger partial charge in [-0.15, -0.1) is 0 Å². The highest BCUT2D eigenvalue weighted by Crippen LogP contribution is 2.36. The van der Waals surface area contributed by atoms with Crippen LogP contribution in [-0.4, -0.2) is 22.3 Å². The van der Waals surface area contributed by atoms with Gasteiger partial charge in [0.2, 0.25) is 0 Å². The van der Waals surface area contributed by atoms with E-state index in [0.29, 0.717) is 17.5 Å². The number of cyclic esters (lactones) is 1. The minimum absolute atomic E-state index is 0.00207. The van der Waals surface area contributed by atoms with E-state index in [4.69, 9.17) is 4.74 Å². The first-order chi connectivity index (χ1) is 9.04. The number of carbonyl (C=O) groups excluding carboxylic acids is 1. The van der Waals surface area contributed by atoms with Gasteiger partial charge < -0.3 is 14.9 Å². The quantitative estimate of drug-likeness (QED) is 0.649. The van der Waals surface area contributed by atoms with E-state index in [9.17, 15) is 15.0 Å². The molecule has 1 unspecified atom stereocenters. The maximum Gasteiger partial charge on any atom is 0.342 e. The lowest BCUT2D eigenvalue weighted by atomic mass is 9.94. The number of fused-ring (bicyclic) bond motifs is 1. The zero-order valence-corrected chi connectivity index (χ0v) is 11.1. The molecule has 0 aliphatic carbocycles. The summed E-state index contributed by atoms with van der Waals surface area (Å²) < 4.78 is 5.27. The number of carbonyl (C=O) groups is 1. The molecule has 1 aromatic carbocycles. The number of esters is 1. The normalized spacial score (nSPS) is 18.4. The number of phenols is 2. The predicted octanol–water partition coefficient (Wildman–Crippen LogP) is 2.84. The van der Waals surface area contributed by atoms with Crippen molar-refractivity contribution in [2.24, 2.45) is 0 Å². The molecular formula is C15H18O4. The second-order valence-corrected chi connectivity index (χ2v) is 4.77. The highest BCUT2D eigenvalue weighted by atomic mass is 16.5. The molecular weight excluding hydrogens is 244 g/mol. The van der Waals surface area contributed by atoms with Gasteiger partial charge >= 0.3 is 5.97 Å². The lowest BCUT2D eigenvalue weighted by Crippen LogP contribution is -2.26. The van der Waals surface area contributed by atoms with Crippen LogP contribution in [0.5, 0.6) is 11.5 Å². The Labute approximate surface area is 112 Å². The zero-order chi connectivity index (χ0) is 14.0. The molecule has 1 heterocycles. The molecule has 2 N–H and O–H groups in total. The van der Waals surface area contributed by atoms with E-state index >= 15 is 0 Å².